The Balaban J connectivity index is 1.71. The van der Waals surface area contributed by atoms with Crippen molar-refractivity contribution in [2.24, 2.45) is 11.3 Å². The van der Waals surface area contributed by atoms with Gasteiger partial charge in [-0.05, 0) is 33.1 Å². The molecular weight excluding hydrogens is 322 g/mol. The van der Waals surface area contributed by atoms with Gasteiger partial charge in [-0.1, -0.05) is 6.42 Å². The number of hydrogen-bond acceptors (Lipinski definition) is 5. The Hall–Kier alpha value is -0.850. The molecule has 2 N–H and O–H groups in total. The maximum Gasteiger partial charge on any atom is 0.339 e. The van der Waals surface area contributed by atoms with Crippen LogP contribution in [0.2, 0.25) is 0 Å². The minimum atomic E-state index is -1.39. The normalized spacial score (nSPS) is 51.9. The zero-order valence-corrected chi connectivity index (χ0v) is 14.1. The molecule has 2 unspecified atom stereocenters. The molecule has 128 valence electrons. The van der Waals surface area contributed by atoms with E-state index in [1.807, 2.05) is 0 Å². The third-order valence-electron chi connectivity index (χ3n) is 6.75. The average molecular weight is 344 g/mol. The Morgan fingerprint density at radius 3 is 2.78 bits per heavy atom. The van der Waals surface area contributed by atoms with Crippen LogP contribution in [0.4, 0.5) is 0 Å². The third-order valence-corrected chi connectivity index (χ3v) is 6.94. The van der Waals surface area contributed by atoms with Crippen LogP contribution in [0.3, 0.4) is 0 Å². The van der Waals surface area contributed by atoms with E-state index in [0.717, 1.165) is 19.3 Å². The Kier molecular flexibility index (Phi) is 3.14. The number of rotatable bonds is 4. The minimum Gasteiger partial charge on any atom is -0.453 e. The molecule has 4 aliphatic rings. The predicted molar refractivity (Wildman–Crippen MR) is 80.8 cm³/mol. The summed E-state index contributed by atoms with van der Waals surface area (Å²) in [7, 11) is 0. The standard InChI is InChI=1S/C16H22ClNO5/c1-14(6-7-17)12(20)18-16(13(21)23-15(14,16)2)11(19)8-4-3-5-9-10(8)22-9/h8-11,19H,3-7H2,1-2H3,(H,18,20)/t8-,9-,10?,11?,14-,15-,16-/m0/s1. The number of fused-ring (bicyclic) bond motifs is 2. The number of carbonyl (C=O) groups excluding carboxylic acids is 2. The van der Waals surface area contributed by atoms with Crippen LogP contribution in [0.5, 0.6) is 0 Å². The van der Waals surface area contributed by atoms with Crippen molar-refractivity contribution in [1.82, 2.24) is 5.32 Å². The van der Waals surface area contributed by atoms with Crippen LogP contribution in [0.15, 0.2) is 0 Å². The number of hydrogen-bond donors (Lipinski definition) is 2. The maximum atomic E-state index is 12.6. The van der Waals surface area contributed by atoms with Crippen molar-refractivity contribution in [3.8, 4) is 0 Å². The van der Waals surface area contributed by atoms with Crippen molar-refractivity contribution in [1.29, 1.82) is 0 Å². The fourth-order valence-electron chi connectivity index (χ4n) is 4.91. The molecule has 3 saturated heterocycles. The number of ether oxygens (including phenoxy) is 2. The predicted octanol–water partition coefficient (Wildman–Crippen LogP) is 0.734. The van der Waals surface area contributed by atoms with Crippen molar-refractivity contribution in [3.63, 3.8) is 0 Å². The summed E-state index contributed by atoms with van der Waals surface area (Å²) in [5.41, 5.74) is -3.42. The van der Waals surface area contributed by atoms with Crippen molar-refractivity contribution in [2.45, 2.75) is 69.0 Å². The van der Waals surface area contributed by atoms with Crippen LogP contribution in [0.1, 0.15) is 39.5 Å². The zero-order valence-electron chi connectivity index (χ0n) is 13.3. The van der Waals surface area contributed by atoms with Crippen LogP contribution in [0, 0.1) is 11.3 Å². The number of carbonyl (C=O) groups is 2. The van der Waals surface area contributed by atoms with E-state index in [9.17, 15) is 14.7 Å². The van der Waals surface area contributed by atoms with Crippen molar-refractivity contribution < 1.29 is 24.2 Å². The Labute approximate surface area is 139 Å². The third kappa shape index (κ3) is 1.62. The summed E-state index contributed by atoms with van der Waals surface area (Å²) in [5, 5.41) is 13.9. The van der Waals surface area contributed by atoms with E-state index < -0.39 is 28.6 Å². The van der Waals surface area contributed by atoms with Gasteiger partial charge in [0.25, 0.3) is 0 Å². The SMILES string of the molecule is C[C@@]12OC(=O)[C@]1(C(O)[C@H]1CCC[C@@H]3OC13)NC(=O)[C@]2(C)CCCl. The first-order valence-corrected chi connectivity index (χ1v) is 8.81. The summed E-state index contributed by atoms with van der Waals surface area (Å²) in [6.45, 7) is 3.49. The van der Waals surface area contributed by atoms with Gasteiger partial charge in [0.05, 0.1) is 23.7 Å². The molecule has 0 spiro atoms. The molecule has 4 rings (SSSR count). The summed E-state index contributed by atoms with van der Waals surface area (Å²) in [5.74, 6) is -0.711. The lowest BCUT2D eigenvalue weighted by Crippen LogP contribution is -2.81. The second-order valence-corrected chi connectivity index (χ2v) is 8.01. The highest BCUT2D eigenvalue weighted by molar-refractivity contribution is 6.18. The molecule has 7 heteroatoms. The highest BCUT2D eigenvalue weighted by Gasteiger charge is 2.84. The van der Waals surface area contributed by atoms with Crippen LogP contribution in [-0.4, -0.2) is 52.3 Å². The lowest BCUT2D eigenvalue weighted by molar-refractivity contribution is -0.251. The second-order valence-electron chi connectivity index (χ2n) is 7.63. The molecule has 0 radical (unpaired) electrons. The quantitative estimate of drug-likeness (QED) is 0.446. The molecule has 0 aromatic rings. The highest BCUT2D eigenvalue weighted by Crippen LogP contribution is 2.60. The molecule has 23 heavy (non-hydrogen) atoms. The van der Waals surface area contributed by atoms with E-state index in [1.165, 1.54) is 0 Å². The molecule has 6 nitrogen and oxygen atoms in total. The van der Waals surface area contributed by atoms with Crippen molar-refractivity contribution in [2.75, 3.05) is 5.88 Å². The first kappa shape index (κ1) is 15.7. The Morgan fingerprint density at radius 2 is 2.13 bits per heavy atom. The minimum absolute atomic E-state index is 0.0115. The summed E-state index contributed by atoms with van der Waals surface area (Å²) >= 11 is 5.87. The monoisotopic (exact) mass is 343 g/mol. The molecule has 7 atom stereocenters. The van der Waals surface area contributed by atoms with Gasteiger partial charge in [0, 0.05) is 11.8 Å². The number of halogens is 1. The summed E-state index contributed by atoms with van der Waals surface area (Å²) in [6.07, 6.45) is 2.29. The number of alkyl halides is 1. The Morgan fingerprint density at radius 1 is 1.39 bits per heavy atom. The molecule has 3 heterocycles. The fraction of sp³-hybridized carbons (Fsp3) is 0.875. The molecule has 1 saturated carbocycles. The number of aliphatic hydroxyl groups excluding tert-OH is 1. The van der Waals surface area contributed by atoms with E-state index in [1.54, 1.807) is 13.8 Å². The lowest BCUT2D eigenvalue weighted by atomic mass is 9.58. The van der Waals surface area contributed by atoms with Crippen molar-refractivity contribution >= 4 is 23.5 Å². The lowest BCUT2D eigenvalue weighted by Gasteiger charge is -2.57. The van der Waals surface area contributed by atoms with Gasteiger partial charge in [-0.3, -0.25) is 4.79 Å². The van der Waals surface area contributed by atoms with E-state index in [2.05, 4.69) is 5.32 Å². The van der Waals surface area contributed by atoms with Gasteiger partial charge < -0.3 is 19.9 Å². The first-order valence-electron chi connectivity index (χ1n) is 8.27. The zero-order chi connectivity index (χ0) is 16.6. The van der Waals surface area contributed by atoms with Crippen LogP contribution in [-0.2, 0) is 19.1 Å². The second kappa shape index (κ2) is 4.61. The fourth-order valence-corrected chi connectivity index (χ4v) is 5.29. The van der Waals surface area contributed by atoms with E-state index in [4.69, 9.17) is 21.1 Å². The van der Waals surface area contributed by atoms with E-state index in [-0.39, 0.29) is 29.9 Å². The number of esters is 1. The van der Waals surface area contributed by atoms with Gasteiger partial charge in [-0.15, -0.1) is 11.6 Å². The molecule has 0 aromatic heterocycles. The summed E-state index contributed by atoms with van der Waals surface area (Å²) in [4.78, 5) is 25.0. The van der Waals surface area contributed by atoms with Gasteiger partial charge in [-0.2, -0.15) is 0 Å². The molecule has 1 amide bonds. The number of amides is 1. The van der Waals surface area contributed by atoms with E-state index in [0.29, 0.717) is 6.42 Å². The van der Waals surface area contributed by atoms with Crippen LogP contribution < -0.4 is 5.32 Å². The summed E-state index contributed by atoms with van der Waals surface area (Å²) in [6, 6.07) is 0. The molecule has 0 bridgehead atoms. The van der Waals surface area contributed by atoms with Crippen molar-refractivity contribution in [3.05, 3.63) is 0 Å². The smallest absolute Gasteiger partial charge is 0.339 e. The van der Waals surface area contributed by atoms with Gasteiger partial charge in [0.2, 0.25) is 11.4 Å². The van der Waals surface area contributed by atoms with Gasteiger partial charge in [-0.25, -0.2) is 4.79 Å². The van der Waals surface area contributed by atoms with Crippen LogP contribution >= 0.6 is 11.6 Å². The topological polar surface area (TPSA) is 88.2 Å². The molecule has 4 fully saturated rings. The highest BCUT2D eigenvalue weighted by atomic mass is 35.5. The van der Waals surface area contributed by atoms with Crippen LogP contribution in [0.25, 0.3) is 0 Å². The number of aliphatic hydroxyl groups is 1. The number of nitrogens with one attached hydrogen (secondary N) is 1. The maximum absolute atomic E-state index is 12.6. The van der Waals surface area contributed by atoms with Gasteiger partial charge >= 0.3 is 5.97 Å². The number of epoxide rings is 1. The van der Waals surface area contributed by atoms with E-state index >= 15 is 0 Å². The Bertz CT molecular complexity index is 585. The first-order chi connectivity index (χ1) is 10.8. The molecule has 3 aliphatic heterocycles. The summed E-state index contributed by atoms with van der Waals surface area (Å²) < 4.78 is 11.1. The molecule has 0 aromatic carbocycles. The van der Waals surface area contributed by atoms with Gasteiger partial charge in [0.1, 0.15) is 0 Å². The average Bonchev–Trinajstić information content (AvgIpc) is 3.28. The van der Waals surface area contributed by atoms with Gasteiger partial charge in [0.15, 0.2) is 5.60 Å². The molecular formula is C16H22ClNO5. The largest absolute Gasteiger partial charge is 0.453 e. The molecule has 1 aliphatic carbocycles.